The lowest BCUT2D eigenvalue weighted by Gasteiger charge is -2.40. The van der Waals surface area contributed by atoms with Crippen molar-refractivity contribution in [3.63, 3.8) is 0 Å². The highest BCUT2D eigenvalue weighted by Crippen LogP contribution is 2.34. The number of hydrogen-bond acceptors (Lipinski definition) is 8. The number of ether oxygens (including phenoxy) is 2. The van der Waals surface area contributed by atoms with E-state index in [1.807, 2.05) is 0 Å². The molecule has 0 aliphatic carbocycles. The van der Waals surface area contributed by atoms with Crippen LogP contribution < -0.4 is 10.5 Å². The van der Waals surface area contributed by atoms with Crippen LogP contribution in [0.3, 0.4) is 0 Å². The van der Waals surface area contributed by atoms with E-state index in [0.717, 1.165) is 0 Å². The first kappa shape index (κ1) is 17.6. The smallest absolute Gasteiger partial charge is 0.145 e. The minimum absolute atomic E-state index is 0.377. The summed E-state index contributed by atoms with van der Waals surface area (Å²) in [5.41, 5.74) is 6.07. The molecule has 2 heterocycles. The fourth-order valence-corrected chi connectivity index (χ4v) is 2.72. The van der Waals surface area contributed by atoms with Gasteiger partial charge in [0.25, 0.3) is 0 Å². The lowest BCUT2D eigenvalue weighted by atomic mass is 9.91. The molecule has 0 radical (unpaired) electrons. The SMILES string of the molecule is Nc1ccc(Oc2cccc(C3O[C@H](CO)[C@@H](O)[C@H](O)[C@@H]3O)c2)cn1. The molecule has 1 aromatic heterocycles. The third-order valence-electron chi connectivity index (χ3n) is 4.07. The maximum absolute atomic E-state index is 10.2. The predicted octanol–water partition coefficient (Wildman–Crippen LogP) is -0.0290. The summed E-state index contributed by atoms with van der Waals surface area (Å²) in [6.45, 7) is -0.477. The Kier molecular flexibility index (Phi) is 5.16. The molecular weight excluding hydrogens is 328 g/mol. The van der Waals surface area contributed by atoms with Crippen LogP contribution in [-0.4, -0.2) is 56.4 Å². The summed E-state index contributed by atoms with van der Waals surface area (Å²) in [4.78, 5) is 3.94. The minimum atomic E-state index is -1.43. The Hall–Kier alpha value is -2.23. The molecule has 2 aromatic rings. The van der Waals surface area contributed by atoms with Crippen LogP contribution in [0.1, 0.15) is 11.7 Å². The highest BCUT2D eigenvalue weighted by molar-refractivity contribution is 5.37. The first-order valence-corrected chi connectivity index (χ1v) is 7.79. The van der Waals surface area contributed by atoms with Crippen molar-refractivity contribution in [2.45, 2.75) is 30.5 Å². The van der Waals surface area contributed by atoms with Gasteiger partial charge in [-0.25, -0.2) is 4.98 Å². The standard InChI is InChI=1S/C17H20N2O6/c18-13-5-4-11(7-19-13)24-10-3-1-2-9(6-10)17-16(23)15(22)14(21)12(8-20)25-17/h1-7,12,14-17,20-23H,8H2,(H2,18,19)/t12-,14-,15+,16+,17?/m1/s1. The molecule has 1 saturated heterocycles. The Balaban J connectivity index is 1.81. The number of nitrogens with zero attached hydrogens (tertiary/aromatic N) is 1. The molecule has 0 bridgehead atoms. The summed E-state index contributed by atoms with van der Waals surface area (Å²) >= 11 is 0. The van der Waals surface area contributed by atoms with Gasteiger partial charge in [-0.1, -0.05) is 12.1 Å². The Morgan fingerprint density at radius 2 is 1.84 bits per heavy atom. The zero-order chi connectivity index (χ0) is 18.0. The van der Waals surface area contributed by atoms with Crippen LogP contribution in [0, 0.1) is 0 Å². The second-order valence-electron chi connectivity index (χ2n) is 5.84. The molecule has 1 unspecified atom stereocenters. The lowest BCUT2D eigenvalue weighted by Crippen LogP contribution is -2.55. The Labute approximate surface area is 144 Å². The van der Waals surface area contributed by atoms with Crippen molar-refractivity contribution < 1.29 is 29.9 Å². The quantitative estimate of drug-likeness (QED) is 0.519. The average Bonchev–Trinajstić information content (AvgIpc) is 2.62. The normalized spacial score (nSPS) is 29.4. The number of hydrogen-bond donors (Lipinski definition) is 5. The van der Waals surface area contributed by atoms with Crippen molar-refractivity contribution in [2.24, 2.45) is 0 Å². The second kappa shape index (κ2) is 7.34. The highest BCUT2D eigenvalue weighted by atomic mass is 16.5. The molecule has 134 valence electrons. The van der Waals surface area contributed by atoms with Gasteiger partial charge >= 0.3 is 0 Å². The van der Waals surface area contributed by atoms with Gasteiger partial charge in [0, 0.05) is 0 Å². The van der Waals surface area contributed by atoms with Gasteiger partial charge in [0.1, 0.15) is 47.8 Å². The monoisotopic (exact) mass is 348 g/mol. The number of aromatic nitrogens is 1. The maximum atomic E-state index is 10.2. The fourth-order valence-electron chi connectivity index (χ4n) is 2.72. The molecule has 1 aliphatic heterocycles. The summed E-state index contributed by atoms with van der Waals surface area (Å²) in [5.74, 6) is 1.34. The van der Waals surface area contributed by atoms with Gasteiger partial charge in [0.15, 0.2) is 0 Å². The van der Waals surface area contributed by atoms with Gasteiger partial charge in [-0.3, -0.25) is 0 Å². The molecule has 6 N–H and O–H groups in total. The Bertz CT molecular complexity index is 709. The summed E-state index contributed by atoms with van der Waals surface area (Å²) < 4.78 is 11.2. The number of rotatable bonds is 4. The lowest BCUT2D eigenvalue weighted by molar-refractivity contribution is -0.231. The van der Waals surface area contributed by atoms with Gasteiger partial charge in [-0.15, -0.1) is 0 Å². The molecule has 0 spiro atoms. The fraction of sp³-hybridized carbons (Fsp3) is 0.353. The minimum Gasteiger partial charge on any atom is -0.456 e. The second-order valence-corrected chi connectivity index (χ2v) is 5.84. The van der Waals surface area contributed by atoms with E-state index in [1.54, 1.807) is 36.4 Å². The van der Waals surface area contributed by atoms with Crippen molar-refractivity contribution in [1.82, 2.24) is 4.98 Å². The molecule has 0 amide bonds. The molecule has 3 rings (SSSR count). The van der Waals surface area contributed by atoms with Gasteiger partial charge < -0.3 is 35.6 Å². The maximum Gasteiger partial charge on any atom is 0.145 e. The van der Waals surface area contributed by atoms with E-state index in [2.05, 4.69) is 4.98 Å². The van der Waals surface area contributed by atoms with Crippen LogP contribution in [0.15, 0.2) is 42.6 Å². The predicted molar refractivity (Wildman–Crippen MR) is 87.9 cm³/mol. The van der Waals surface area contributed by atoms with E-state index in [0.29, 0.717) is 22.9 Å². The first-order valence-electron chi connectivity index (χ1n) is 7.79. The van der Waals surface area contributed by atoms with Crippen LogP contribution in [0.2, 0.25) is 0 Å². The molecule has 25 heavy (non-hydrogen) atoms. The molecule has 8 nitrogen and oxygen atoms in total. The van der Waals surface area contributed by atoms with E-state index in [1.165, 1.54) is 6.20 Å². The van der Waals surface area contributed by atoms with E-state index >= 15 is 0 Å². The average molecular weight is 348 g/mol. The van der Waals surface area contributed by atoms with Crippen molar-refractivity contribution in [1.29, 1.82) is 0 Å². The van der Waals surface area contributed by atoms with Gasteiger partial charge in [0.2, 0.25) is 0 Å². The van der Waals surface area contributed by atoms with Crippen LogP contribution >= 0.6 is 0 Å². The number of benzene rings is 1. The Morgan fingerprint density at radius 1 is 1.04 bits per heavy atom. The molecule has 8 heteroatoms. The third kappa shape index (κ3) is 3.73. The first-order chi connectivity index (χ1) is 12.0. The molecule has 1 fully saturated rings. The molecular formula is C17H20N2O6. The zero-order valence-electron chi connectivity index (χ0n) is 13.3. The number of pyridine rings is 1. The van der Waals surface area contributed by atoms with E-state index in [4.69, 9.17) is 15.2 Å². The van der Waals surface area contributed by atoms with Gasteiger partial charge in [-0.2, -0.15) is 0 Å². The van der Waals surface area contributed by atoms with Gasteiger partial charge in [-0.05, 0) is 29.8 Å². The number of anilines is 1. The molecule has 1 aromatic carbocycles. The van der Waals surface area contributed by atoms with E-state index in [-0.39, 0.29) is 0 Å². The topological polar surface area (TPSA) is 138 Å². The van der Waals surface area contributed by atoms with Crippen LogP contribution in [-0.2, 0) is 4.74 Å². The van der Waals surface area contributed by atoms with Crippen molar-refractivity contribution in [2.75, 3.05) is 12.3 Å². The van der Waals surface area contributed by atoms with E-state index in [9.17, 15) is 20.4 Å². The van der Waals surface area contributed by atoms with Crippen LogP contribution in [0.4, 0.5) is 5.82 Å². The summed E-state index contributed by atoms with van der Waals surface area (Å²) in [5, 5.41) is 39.3. The van der Waals surface area contributed by atoms with Crippen molar-refractivity contribution in [3.8, 4) is 11.5 Å². The van der Waals surface area contributed by atoms with Crippen molar-refractivity contribution >= 4 is 5.82 Å². The van der Waals surface area contributed by atoms with Crippen LogP contribution in [0.25, 0.3) is 0 Å². The number of aliphatic hydroxyl groups excluding tert-OH is 4. The molecule has 0 saturated carbocycles. The van der Waals surface area contributed by atoms with Gasteiger partial charge in [0.05, 0.1) is 12.8 Å². The zero-order valence-corrected chi connectivity index (χ0v) is 13.3. The number of nitrogens with two attached hydrogens (primary N) is 1. The highest BCUT2D eigenvalue weighted by Gasteiger charge is 2.43. The van der Waals surface area contributed by atoms with Crippen LogP contribution in [0.5, 0.6) is 11.5 Å². The van der Waals surface area contributed by atoms with E-state index < -0.39 is 37.1 Å². The summed E-state index contributed by atoms with van der Waals surface area (Å²) in [6, 6.07) is 10.0. The Morgan fingerprint density at radius 3 is 2.52 bits per heavy atom. The molecule has 1 aliphatic rings. The largest absolute Gasteiger partial charge is 0.456 e. The van der Waals surface area contributed by atoms with Crippen molar-refractivity contribution in [3.05, 3.63) is 48.2 Å². The summed E-state index contributed by atoms with van der Waals surface area (Å²) in [7, 11) is 0. The molecule has 5 atom stereocenters. The number of aliphatic hydroxyl groups is 4. The summed E-state index contributed by atoms with van der Waals surface area (Å²) in [6.07, 6.45) is -4.56. The third-order valence-corrected chi connectivity index (χ3v) is 4.07. The number of nitrogen functional groups attached to an aromatic ring is 1.